The van der Waals surface area contributed by atoms with Gasteiger partial charge in [0.05, 0.1) is 5.69 Å². The summed E-state index contributed by atoms with van der Waals surface area (Å²) in [7, 11) is 0. The second-order valence-electron chi connectivity index (χ2n) is 4.97. The maximum absolute atomic E-state index is 11.0. The average molecular weight is 264 g/mol. The number of fused-ring (bicyclic) bond motifs is 1. The lowest BCUT2D eigenvalue weighted by atomic mass is 10.1. The molecule has 0 saturated carbocycles. The number of hydrogen-bond donors (Lipinski definition) is 0. The number of pyridine rings is 1. The van der Waals surface area contributed by atoms with Crippen molar-refractivity contribution in [2.24, 2.45) is 0 Å². The molecule has 0 unspecified atom stereocenters. The molecule has 2 heterocycles. The minimum absolute atomic E-state index is 0.697. The maximum Gasteiger partial charge on any atom is 0.151 e. The van der Waals surface area contributed by atoms with E-state index in [9.17, 15) is 4.79 Å². The molecule has 0 aliphatic rings. The number of imidazole rings is 1. The van der Waals surface area contributed by atoms with Crippen molar-refractivity contribution in [3.63, 3.8) is 0 Å². The summed E-state index contributed by atoms with van der Waals surface area (Å²) in [6.45, 7) is 4.07. The van der Waals surface area contributed by atoms with E-state index in [1.807, 2.05) is 29.8 Å². The van der Waals surface area contributed by atoms with Crippen molar-refractivity contribution in [1.82, 2.24) is 9.38 Å². The van der Waals surface area contributed by atoms with Crippen LogP contribution >= 0.6 is 0 Å². The summed E-state index contributed by atoms with van der Waals surface area (Å²) in [4.78, 5) is 15.6. The second kappa shape index (κ2) is 4.93. The SMILES string of the molecule is CCc1ccc(-c2cn3cc(C=O)c(C)cc3n2)cc1. The number of rotatable bonds is 3. The Bertz CT molecular complexity index is 770. The van der Waals surface area contributed by atoms with Crippen LogP contribution in [0.25, 0.3) is 16.9 Å². The minimum Gasteiger partial charge on any atom is -0.306 e. The van der Waals surface area contributed by atoms with Gasteiger partial charge in [0.15, 0.2) is 6.29 Å². The van der Waals surface area contributed by atoms with Crippen LogP contribution in [0.4, 0.5) is 0 Å². The van der Waals surface area contributed by atoms with Gasteiger partial charge in [-0.25, -0.2) is 4.98 Å². The first-order chi connectivity index (χ1) is 9.71. The van der Waals surface area contributed by atoms with Crippen LogP contribution in [-0.4, -0.2) is 15.7 Å². The van der Waals surface area contributed by atoms with Gasteiger partial charge >= 0.3 is 0 Å². The third kappa shape index (κ3) is 2.11. The summed E-state index contributed by atoms with van der Waals surface area (Å²) in [5.41, 5.74) is 5.85. The summed E-state index contributed by atoms with van der Waals surface area (Å²) in [6.07, 6.45) is 5.70. The van der Waals surface area contributed by atoms with Gasteiger partial charge in [-0.15, -0.1) is 0 Å². The Kier molecular flexibility index (Phi) is 3.11. The number of carbonyl (C=O) groups excluding carboxylic acids is 1. The summed E-state index contributed by atoms with van der Waals surface area (Å²) >= 11 is 0. The predicted octanol–water partition coefficient (Wildman–Crippen LogP) is 3.68. The molecule has 0 saturated heterocycles. The van der Waals surface area contributed by atoms with Gasteiger partial charge in [-0.1, -0.05) is 31.2 Å². The van der Waals surface area contributed by atoms with Crippen LogP contribution in [0.2, 0.25) is 0 Å². The van der Waals surface area contributed by atoms with Gasteiger partial charge in [0, 0.05) is 23.5 Å². The molecule has 0 radical (unpaired) electrons. The van der Waals surface area contributed by atoms with Gasteiger partial charge in [-0.2, -0.15) is 0 Å². The quantitative estimate of drug-likeness (QED) is 0.676. The molecule has 2 aromatic heterocycles. The maximum atomic E-state index is 11.0. The van der Waals surface area contributed by atoms with E-state index in [0.717, 1.165) is 35.2 Å². The summed E-state index contributed by atoms with van der Waals surface area (Å²) < 4.78 is 1.90. The van der Waals surface area contributed by atoms with Crippen molar-refractivity contribution < 1.29 is 4.79 Å². The molecule has 0 aliphatic heterocycles. The van der Waals surface area contributed by atoms with E-state index >= 15 is 0 Å². The van der Waals surface area contributed by atoms with Gasteiger partial charge < -0.3 is 4.40 Å². The summed E-state index contributed by atoms with van der Waals surface area (Å²) in [5, 5.41) is 0. The monoisotopic (exact) mass is 264 g/mol. The van der Waals surface area contributed by atoms with E-state index in [0.29, 0.717) is 5.56 Å². The third-order valence-electron chi connectivity index (χ3n) is 3.62. The zero-order chi connectivity index (χ0) is 14.1. The lowest BCUT2D eigenvalue weighted by Gasteiger charge is -1.98. The number of carbonyl (C=O) groups is 1. The standard InChI is InChI=1S/C17H16N2O/c1-3-13-4-6-14(7-5-13)16-10-19-9-15(11-20)12(2)8-17(19)18-16/h4-11H,3H2,1-2H3. The lowest BCUT2D eigenvalue weighted by molar-refractivity contribution is 0.112. The van der Waals surface area contributed by atoms with Gasteiger partial charge in [0.25, 0.3) is 0 Å². The molecule has 0 bridgehead atoms. The Labute approximate surface area is 117 Å². The lowest BCUT2D eigenvalue weighted by Crippen LogP contribution is -1.91. The largest absolute Gasteiger partial charge is 0.306 e. The molecule has 100 valence electrons. The first-order valence-corrected chi connectivity index (χ1v) is 6.75. The van der Waals surface area contributed by atoms with E-state index < -0.39 is 0 Å². The fourth-order valence-electron chi connectivity index (χ4n) is 2.32. The zero-order valence-electron chi connectivity index (χ0n) is 11.6. The topological polar surface area (TPSA) is 34.4 Å². The number of aldehydes is 1. The zero-order valence-corrected chi connectivity index (χ0v) is 11.6. The van der Waals surface area contributed by atoms with Crippen molar-refractivity contribution in [2.45, 2.75) is 20.3 Å². The highest BCUT2D eigenvalue weighted by molar-refractivity contribution is 5.78. The summed E-state index contributed by atoms with van der Waals surface area (Å²) in [6, 6.07) is 10.4. The second-order valence-corrected chi connectivity index (χ2v) is 4.97. The predicted molar refractivity (Wildman–Crippen MR) is 80.1 cm³/mol. The van der Waals surface area contributed by atoms with E-state index in [1.165, 1.54) is 5.56 Å². The third-order valence-corrected chi connectivity index (χ3v) is 3.62. The number of hydrogen-bond acceptors (Lipinski definition) is 2. The number of aromatic nitrogens is 2. The van der Waals surface area contributed by atoms with E-state index in [2.05, 4.69) is 36.2 Å². The van der Waals surface area contributed by atoms with Gasteiger partial charge in [-0.05, 0) is 30.5 Å². The molecule has 3 nitrogen and oxygen atoms in total. The van der Waals surface area contributed by atoms with Crippen LogP contribution < -0.4 is 0 Å². The van der Waals surface area contributed by atoms with Gasteiger partial charge in [0.2, 0.25) is 0 Å². The van der Waals surface area contributed by atoms with E-state index in [4.69, 9.17) is 0 Å². The summed E-state index contributed by atoms with van der Waals surface area (Å²) in [5.74, 6) is 0. The normalized spacial score (nSPS) is 10.9. The molecule has 0 atom stereocenters. The first-order valence-electron chi connectivity index (χ1n) is 6.75. The number of benzene rings is 1. The highest BCUT2D eigenvalue weighted by Crippen LogP contribution is 2.21. The Balaban J connectivity index is 2.09. The van der Waals surface area contributed by atoms with E-state index in [-0.39, 0.29) is 0 Å². The molecule has 20 heavy (non-hydrogen) atoms. The molecule has 1 aromatic carbocycles. The highest BCUT2D eigenvalue weighted by Gasteiger charge is 2.07. The van der Waals surface area contributed by atoms with Crippen molar-refractivity contribution in [1.29, 1.82) is 0 Å². The van der Waals surface area contributed by atoms with Crippen LogP contribution in [0, 0.1) is 6.92 Å². The van der Waals surface area contributed by atoms with Crippen LogP contribution in [0.15, 0.2) is 42.7 Å². The Hall–Kier alpha value is -2.42. The van der Waals surface area contributed by atoms with Crippen LogP contribution in [0.3, 0.4) is 0 Å². The molecule has 3 aromatic rings. The van der Waals surface area contributed by atoms with Crippen LogP contribution in [0.5, 0.6) is 0 Å². The molecule has 0 aliphatic carbocycles. The highest BCUT2D eigenvalue weighted by atomic mass is 16.1. The molecule has 0 spiro atoms. The number of aryl methyl sites for hydroxylation is 2. The fourth-order valence-corrected chi connectivity index (χ4v) is 2.32. The molecule has 0 N–H and O–H groups in total. The Morgan fingerprint density at radius 3 is 2.60 bits per heavy atom. The van der Waals surface area contributed by atoms with Crippen molar-refractivity contribution in [2.75, 3.05) is 0 Å². The fraction of sp³-hybridized carbons (Fsp3) is 0.176. The minimum atomic E-state index is 0.697. The Morgan fingerprint density at radius 1 is 1.20 bits per heavy atom. The first kappa shape index (κ1) is 12.6. The van der Waals surface area contributed by atoms with Crippen molar-refractivity contribution in [3.05, 3.63) is 59.4 Å². The molecule has 0 amide bonds. The van der Waals surface area contributed by atoms with E-state index in [1.54, 1.807) is 0 Å². The van der Waals surface area contributed by atoms with Gasteiger partial charge in [0.1, 0.15) is 5.65 Å². The van der Waals surface area contributed by atoms with Crippen LogP contribution in [-0.2, 0) is 6.42 Å². The van der Waals surface area contributed by atoms with Crippen molar-refractivity contribution >= 4 is 11.9 Å². The molecule has 0 fully saturated rings. The van der Waals surface area contributed by atoms with Crippen LogP contribution in [0.1, 0.15) is 28.4 Å². The average Bonchev–Trinajstić information content (AvgIpc) is 2.89. The smallest absolute Gasteiger partial charge is 0.151 e. The van der Waals surface area contributed by atoms with Gasteiger partial charge in [-0.3, -0.25) is 4.79 Å². The molecule has 3 rings (SSSR count). The van der Waals surface area contributed by atoms with Crippen molar-refractivity contribution in [3.8, 4) is 11.3 Å². The molecule has 3 heteroatoms. The molecular weight excluding hydrogens is 248 g/mol. The Morgan fingerprint density at radius 2 is 1.95 bits per heavy atom. The number of nitrogens with zero attached hydrogens (tertiary/aromatic N) is 2. The molecular formula is C17H16N2O.